The molecule has 4 rings (SSSR count). The van der Waals surface area contributed by atoms with Crippen molar-refractivity contribution in [3.05, 3.63) is 47.8 Å². The number of imidazole rings is 1. The zero-order valence-corrected chi connectivity index (χ0v) is 11.8. The number of nitrogen functional groups attached to an aromatic ring is 1. The van der Waals surface area contributed by atoms with Gasteiger partial charge in [-0.3, -0.25) is 0 Å². The summed E-state index contributed by atoms with van der Waals surface area (Å²) in [6.45, 7) is 2.06. The van der Waals surface area contributed by atoms with E-state index in [1.807, 2.05) is 0 Å². The van der Waals surface area contributed by atoms with E-state index in [2.05, 4.69) is 29.7 Å². The fourth-order valence-corrected chi connectivity index (χ4v) is 2.84. The molecule has 0 radical (unpaired) electrons. The second-order valence-corrected chi connectivity index (χ2v) is 5.76. The summed E-state index contributed by atoms with van der Waals surface area (Å²) in [4.78, 5) is 4.76. The first-order chi connectivity index (χ1) is 10.1. The Morgan fingerprint density at radius 2 is 2.00 bits per heavy atom. The van der Waals surface area contributed by atoms with Gasteiger partial charge in [0.15, 0.2) is 0 Å². The van der Waals surface area contributed by atoms with Gasteiger partial charge in [-0.1, -0.05) is 6.07 Å². The number of hydrogen-bond acceptors (Lipinski definition) is 2. The average Bonchev–Trinajstić information content (AvgIpc) is 3.20. The Hall–Kier alpha value is -2.36. The third-order valence-corrected chi connectivity index (χ3v) is 4.01. The summed E-state index contributed by atoms with van der Waals surface area (Å²) in [5.74, 6) is 0.525. The van der Waals surface area contributed by atoms with Gasteiger partial charge in [0, 0.05) is 17.3 Å². The molecule has 106 valence electrons. The lowest BCUT2D eigenvalue weighted by molar-refractivity contribution is 0.628. The molecule has 3 nitrogen and oxygen atoms in total. The maximum Gasteiger partial charge on any atom is 0.143 e. The highest BCUT2D eigenvalue weighted by molar-refractivity contribution is 5.84. The normalized spacial score (nSPS) is 14.8. The molecule has 2 aromatic carbocycles. The van der Waals surface area contributed by atoms with Gasteiger partial charge in [-0.15, -0.1) is 0 Å². The number of aromatic nitrogens is 2. The van der Waals surface area contributed by atoms with E-state index in [1.165, 1.54) is 17.7 Å². The second kappa shape index (κ2) is 4.32. The highest BCUT2D eigenvalue weighted by Crippen LogP contribution is 2.42. The van der Waals surface area contributed by atoms with E-state index in [-0.39, 0.29) is 5.82 Å². The van der Waals surface area contributed by atoms with E-state index in [4.69, 9.17) is 10.7 Å². The Labute approximate surface area is 122 Å². The molecule has 0 spiro atoms. The van der Waals surface area contributed by atoms with Crippen molar-refractivity contribution in [1.82, 2.24) is 9.55 Å². The third-order valence-electron chi connectivity index (χ3n) is 4.01. The van der Waals surface area contributed by atoms with Crippen molar-refractivity contribution in [1.29, 1.82) is 0 Å². The van der Waals surface area contributed by atoms with Crippen LogP contribution in [0.15, 0.2) is 36.4 Å². The zero-order valence-electron chi connectivity index (χ0n) is 11.8. The molecule has 1 heterocycles. The van der Waals surface area contributed by atoms with E-state index in [1.54, 1.807) is 6.07 Å². The standard InChI is InChI=1S/C17H16FN3/c1-10-2-7-16-15(8-10)20-17(21(16)12-4-5-12)13-6-3-11(18)9-14(13)19/h2-3,6-9,12H,4-5,19H2,1H3. The number of nitrogens with two attached hydrogens (primary N) is 1. The smallest absolute Gasteiger partial charge is 0.143 e. The molecule has 1 aromatic heterocycles. The van der Waals surface area contributed by atoms with Crippen molar-refractivity contribution in [2.24, 2.45) is 0 Å². The fourth-order valence-electron chi connectivity index (χ4n) is 2.84. The third kappa shape index (κ3) is 1.98. The van der Waals surface area contributed by atoms with Crippen LogP contribution in [0.4, 0.5) is 10.1 Å². The first kappa shape index (κ1) is 12.4. The SMILES string of the molecule is Cc1ccc2c(c1)nc(-c1ccc(F)cc1N)n2C1CC1. The Kier molecular flexibility index (Phi) is 2.55. The van der Waals surface area contributed by atoms with Gasteiger partial charge in [0.1, 0.15) is 11.6 Å². The van der Waals surface area contributed by atoms with Gasteiger partial charge in [0.25, 0.3) is 0 Å². The van der Waals surface area contributed by atoms with Crippen LogP contribution < -0.4 is 5.73 Å². The molecule has 3 aromatic rings. The van der Waals surface area contributed by atoms with E-state index < -0.39 is 0 Å². The molecular formula is C17H16FN3. The molecule has 0 saturated heterocycles. The predicted molar refractivity (Wildman–Crippen MR) is 82.5 cm³/mol. The number of aryl methyl sites for hydroxylation is 1. The van der Waals surface area contributed by atoms with Crippen molar-refractivity contribution in [3.63, 3.8) is 0 Å². The highest BCUT2D eigenvalue weighted by atomic mass is 19.1. The van der Waals surface area contributed by atoms with Crippen LogP contribution in [0.1, 0.15) is 24.4 Å². The van der Waals surface area contributed by atoms with E-state index in [0.29, 0.717) is 11.7 Å². The monoisotopic (exact) mass is 281 g/mol. The van der Waals surface area contributed by atoms with E-state index >= 15 is 0 Å². The molecule has 4 heteroatoms. The molecule has 0 unspecified atom stereocenters. The van der Waals surface area contributed by atoms with Gasteiger partial charge in [0.2, 0.25) is 0 Å². The van der Waals surface area contributed by atoms with Gasteiger partial charge in [0.05, 0.1) is 11.0 Å². The van der Waals surface area contributed by atoms with Crippen LogP contribution in [0.2, 0.25) is 0 Å². The van der Waals surface area contributed by atoms with Crippen LogP contribution in [-0.4, -0.2) is 9.55 Å². The maximum absolute atomic E-state index is 13.3. The summed E-state index contributed by atoms with van der Waals surface area (Å²) >= 11 is 0. The van der Waals surface area contributed by atoms with E-state index in [9.17, 15) is 4.39 Å². The molecule has 0 amide bonds. The molecule has 1 saturated carbocycles. The van der Waals surface area contributed by atoms with Crippen LogP contribution in [0.3, 0.4) is 0 Å². The molecule has 21 heavy (non-hydrogen) atoms. The largest absolute Gasteiger partial charge is 0.398 e. The van der Waals surface area contributed by atoms with Gasteiger partial charge in [-0.2, -0.15) is 0 Å². The minimum absolute atomic E-state index is 0.318. The van der Waals surface area contributed by atoms with Crippen LogP contribution in [-0.2, 0) is 0 Å². The predicted octanol–water partition coefficient (Wildman–Crippen LogP) is 4.07. The molecular weight excluding hydrogens is 265 g/mol. The zero-order chi connectivity index (χ0) is 14.6. The van der Waals surface area contributed by atoms with Crippen LogP contribution in [0, 0.1) is 12.7 Å². The van der Waals surface area contributed by atoms with Crippen molar-refractivity contribution < 1.29 is 4.39 Å². The Morgan fingerprint density at radius 3 is 2.71 bits per heavy atom. The summed E-state index contributed by atoms with van der Waals surface area (Å²) in [5, 5.41) is 0. The van der Waals surface area contributed by atoms with Gasteiger partial charge in [-0.05, 0) is 55.7 Å². The number of anilines is 1. The van der Waals surface area contributed by atoms with Crippen LogP contribution in [0.5, 0.6) is 0 Å². The number of benzene rings is 2. The molecule has 0 bridgehead atoms. The second-order valence-electron chi connectivity index (χ2n) is 5.76. The lowest BCUT2D eigenvalue weighted by Gasteiger charge is -2.09. The molecule has 0 atom stereocenters. The highest BCUT2D eigenvalue weighted by Gasteiger charge is 2.29. The number of fused-ring (bicyclic) bond motifs is 1. The van der Waals surface area contributed by atoms with Gasteiger partial charge >= 0.3 is 0 Å². The molecule has 1 aliphatic carbocycles. The lowest BCUT2D eigenvalue weighted by atomic mass is 10.1. The van der Waals surface area contributed by atoms with Gasteiger partial charge in [-0.25, -0.2) is 9.37 Å². The number of nitrogens with zero attached hydrogens (tertiary/aromatic N) is 2. The van der Waals surface area contributed by atoms with Crippen molar-refractivity contribution in [2.45, 2.75) is 25.8 Å². The summed E-state index contributed by atoms with van der Waals surface area (Å²) in [6, 6.07) is 11.3. The van der Waals surface area contributed by atoms with Crippen LogP contribution in [0.25, 0.3) is 22.4 Å². The first-order valence-corrected chi connectivity index (χ1v) is 7.17. The van der Waals surface area contributed by atoms with Crippen LogP contribution >= 0.6 is 0 Å². The Morgan fingerprint density at radius 1 is 1.19 bits per heavy atom. The fraction of sp³-hybridized carbons (Fsp3) is 0.235. The quantitative estimate of drug-likeness (QED) is 0.720. The summed E-state index contributed by atoms with van der Waals surface area (Å²) in [6.07, 6.45) is 2.32. The average molecular weight is 281 g/mol. The maximum atomic E-state index is 13.3. The van der Waals surface area contributed by atoms with Crippen molar-refractivity contribution in [3.8, 4) is 11.4 Å². The van der Waals surface area contributed by atoms with Crippen molar-refractivity contribution >= 4 is 16.7 Å². The summed E-state index contributed by atoms with van der Waals surface area (Å²) in [5.41, 5.74) is 10.5. The number of rotatable bonds is 2. The molecule has 1 fully saturated rings. The van der Waals surface area contributed by atoms with E-state index in [0.717, 1.165) is 35.3 Å². The lowest BCUT2D eigenvalue weighted by Crippen LogP contribution is -2.00. The summed E-state index contributed by atoms with van der Waals surface area (Å²) in [7, 11) is 0. The first-order valence-electron chi connectivity index (χ1n) is 7.17. The topological polar surface area (TPSA) is 43.8 Å². The van der Waals surface area contributed by atoms with Crippen molar-refractivity contribution in [2.75, 3.05) is 5.73 Å². The molecule has 2 N–H and O–H groups in total. The minimum atomic E-state index is -0.318. The number of hydrogen-bond donors (Lipinski definition) is 1. The minimum Gasteiger partial charge on any atom is -0.398 e. The Balaban J connectivity index is 2.01. The van der Waals surface area contributed by atoms with Gasteiger partial charge < -0.3 is 10.3 Å². The number of halogens is 1. The summed E-state index contributed by atoms with van der Waals surface area (Å²) < 4.78 is 15.5. The molecule has 1 aliphatic rings. The molecule has 0 aliphatic heterocycles. The Bertz CT molecular complexity index is 847.